The van der Waals surface area contributed by atoms with Gasteiger partial charge in [0.15, 0.2) is 5.58 Å². The van der Waals surface area contributed by atoms with E-state index in [-0.39, 0.29) is 5.41 Å². The lowest BCUT2D eigenvalue weighted by Gasteiger charge is -2.19. The molecule has 3 heteroatoms. The van der Waals surface area contributed by atoms with E-state index in [1.165, 1.54) is 71.6 Å². The molecule has 3 aromatic heterocycles. The van der Waals surface area contributed by atoms with E-state index in [1.807, 2.05) is 6.07 Å². The molecule has 0 aliphatic rings. The summed E-state index contributed by atoms with van der Waals surface area (Å²) >= 11 is 0. The van der Waals surface area contributed by atoms with Crippen LogP contribution in [0.25, 0.3) is 99.2 Å². The minimum absolute atomic E-state index is 0.0929. The van der Waals surface area contributed by atoms with Crippen molar-refractivity contribution in [1.29, 1.82) is 0 Å². The summed E-state index contributed by atoms with van der Waals surface area (Å²) in [6.45, 7) is 6.84. The van der Waals surface area contributed by atoms with Crippen molar-refractivity contribution >= 4 is 65.6 Å². The van der Waals surface area contributed by atoms with Crippen LogP contribution in [0.3, 0.4) is 0 Å². The Kier molecular flexibility index (Phi) is 6.81. The van der Waals surface area contributed by atoms with E-state index in [2.05, 4.69) is 200 Å². The van der Waals surface area contributed by atoms with Crippen LogP contribution in [-0.4, -0.2) is 9.13 Å². The summed E-state index contributed by atoms with van der Waals surface area (Å²) in [7, 11) is 0. The number of furan rings is 1. The van der Waals surface area contributed by atoms with Gasteiger partial charge in [-0.05, 0) is 93.9 Å². The Morgan fingerprint density at radius 3 is 1.47 bits per heavy atom. The molecule has 0 aliphatic heterocycles. The average molecular weight is 707 g/mol. The molecule has 55 heavy (non-hydrogen) atoms. The van der Waals surface area contributed by atoms with Crippen LogP contribution in [0, 0.1) is 0 Å². The Hall–Kier alpha value is -6.84. The predicted molar refractivity (Wildman–Crippen MR) is 232 cm³/mol. The summed E-state index contributed by atoms with van der Waals surface area (Å²) in [6.07, 6.45) is 0. The first kappa shape index (κ1) is 31.7. The van der Waals surface area contributed by atoms with Crippen molar-refractivity contribution in [3.05, 3.63) is 181 Å². The van der Waals surface area contributed by atoms with Crippen LogP contribution in [0.5, 0.6) is 0 Å². The summed E-state index contributed by atoms with van der Waals surface area (Å²) < 4.78 is 11.3. The highest BCUT2D eigenvalue weighted by Gasteiger charge is 2.20. The fourth-order valence-electron chi connectivity index (χ4n) is 8.68. The molecule has 0 spiro atoms. The van der Waals surface area contributed by atoms with Crippen molar-refractivity contribution in [3.63, 3.8) is 0 Å². The highest BCUT2D eigenvalue weighted by Crippen LogP contribution is 2.41. The zero-order valence-electron chi connectivity index (χ0n) is 31.0. The minimum Gasteiger partial charge on any atom is -0.454 e. The highest BCUT2D eigenvalue weighted by molar-refractivity contribution is 6.21. The van der Waals surface area contributed by atoms with Gasteiger partial charge >= 0.3 is 0 Å². The van der Waals surface area contributed by atoms with Crippen molar-refractivity contribution < 1.29 is 4.42 Å². The maximum Gasteiger partial charge on any atom is 0.160 e. The molecule has 0 saturated heterocycles. The maximum absolute atomic E-state index is 6.55. The summed E-state index contributed by atoms with van der Waals surface area (Å²) in [6, 6.07) is 63.9. The quantitative estimate of drug-likeness (QED) is 0.179. The smallest absolute Gasteiger partial charge is 0.160 e. The van der Waals surface area contributed by atoms with Crippen LogP contribution >= 0.6 is 0 Å². The second-order valence-corrected chi connectivity index (χ2v) is 15.8. The third kappa shape index (κ3) is 4.90. The van der Waals surface area contributed by atoms with Crippen molar-refractivity contribution in [2.45, 2.75) is 26.2 Å². The summed E-state index contributed by atoms with van der Waals surface area (Å²) in [5.41, 5.74) is 15.1. The number of benzene rings is 8. The zero-order valence-corrected chi connectivity index (χ0v) is 31.0. The molecule has 0 amide bonds. The van der Waals surface area contributed by atoms with Crippen LogP contribution in [-0.2, 0) is 5.41 Å². The Bertz CT molecular complexity index is 3260. The number of para-hydroxylation sites is 3. The van der Waals surface area contributed by atoms with Gasteiger partial charge in [0, 0.05) is 43.7 Å². The van der Waals surface area contributed by atoms with Gasteiger partial charge in [-0.25, -0.2) is 0 Å². The van der Waals surface area contributed by atoms with E-state index < -0.39 is 0 Å². The fourth-order valence-corrected chi connectivity index (χ4v) is 8.68. The lowest BCUT2D eigenvalue weighted by atomic mass is 9.86. The molecule has 0 radical (unpaired) electrons. The van der Waals surface area contributed by atoms with Gasteiger partial charge in [0.1, 0.15) is 5.58 Å². The van der Waals surface area contributed by atoms with Crippen LogP contribution < -0.4 is 0 Å². The molecule has 11 rings (SSSR count). The van der Waals surface area contributed by atoms with E-state index in [0.717, 1.165) is 33.1 Å². The summed E-state index contributed by atoms with van der Waals surface area (Å²) in [4.78, 5) is 0. The zero-order chi connectivity index (χ0) is 36.8. The first-order chi connectivity index (χ1) is 26.9. The molecule has 0 bridgehead atoms. The highest BCUT2D eigenvalue weighted by atomic mass is 16.3. The minimum atomic E-state index is 0.0929. The Balaban J connectivity index is 0.922. The first-order valence-electron chi connectivity index (χ1n) is 19.1. The number of aromatic nitrogens is 2. The molecular weight excluding hydrogens is 669 g/mol. The van der Waals surface area contributed by atoms with Crippen LogP contribution in [0.15, 0.2) is 180 Å². The van der Waals surface area contributed by atoms with Gasteiger partial charge in [-0.15, -0.1) is 0 Å². The van der Waals surface area contributed by atoms with Gasteiger partial charge in [0.05, 0.1) is 22.1 Å². The Labute approximate surface area is 319 Å². The molecule has 0 saturated carbocycles. The van der Waals surface area contributed by atoms with E-state index in [0.29, 0.717) is 0 Å². The van der Waals surface area contributed by atoms with Crippen LogP contribution in [0.4, 0.5) is 0 Å². The number of hydrogen-bond acceptors (Lipinski definition) is 1. The molecule has 0 atom stereocenters. The van der Waals surface area contributed by atoms with E-state index in [4.69, 9.17) is 4.42 Å². The molecule has 262 valence electrons. The van der Waals surface area contributed by atoms with Crippen molar-refractivity contribution in [2.24, 2.45) is 0 Å². The van der Waals surface area contributed by atoms with Gasteiger partial charge in [0.2, 0.25) is 0 Å². The third-order valence-electron chi connectivity index (χ3n) is 11.5. The maximum atomic E-state index is 6.55. The number of rotatable bonds is 4. The lowest BCUT2D eigenvalue weighted by molar-refractivity contribution is 0.591. The molecule has 0 unspecified atom stereocenters. The molecule has 8 aromatic carbocycles. The SMILES string of the molecule is CC(C)(C)c1ccc2c(c1)c1ccccc1n2-c1ccc(-c2ccc(-c3ccc(-n4c5ccccc5c5ccc6c7ccccc7oc6c54)cc3)cc2)cc1. The first-order valence-corrected chi connectivity index (χ1v) is 19.1. The van der Waals surface area contributed by atoms with E-state index in [9.17, 15) is 0 Å². The van der Waals surface area contributed by atoms with Crippen molar-refractivity contribution in [1.82, 2.24) is 9.13 Å². The fraction of sp³-hybridized carbons (Fsp3) is 0.0769. The lowest BCUT2D eigenvalue weighted by Crippen LogP contribution is -2.10. The molecule has 3 heterocycles. The topological polar surface area (TPSA) is 23.0 Å². The normalized spacial score (nSPS) is 12.3. The summed E-state index contributed by atoms with van der Waals surface area (Å²) in [5, 5.41) is 7.28. The van der Waals surface area contributed by atoms with E-state index >= 15 is 0 Å². The second-order valence-electron chi connectivity index (χ2n) is 15.8. The number of nitrogens with zero attached hydrogens (tertiary/aromatic N) is 2. The van der Waals surface area contributed by atoms with Crippen LogP contribution in [0.1, 0.15) is 26.3 Å². The van der Waals surface area contributed by atoms with Gasteiger partial charge in [0.25, 0.3) is 0 Å². The largest absolute Gasteiger partial charge is 0.454 e. The predicted octanol–water partition coefficient (Wildman–Crippen LogP) is 14.4. The van der Waals surface area contributed by atoms with Gasteiger partial charge < -0.3 is 13.6 Å². The molecule has 11 aromatic rings. The number of fused-ring (bicyclic) bond motifs is 10. The molecule has 0 N–H and O–H groups in total. The second kappa shape index (κ2) is 11.8. The van der Waals surface area contributed by atoms with Crippen molar-refractivity contribution in [3.8, 4) is 33.6 Å². The van der Waals surface area contributed by atoms with Gasteiger partial charge in [-0.2, -0.15) is 0 Å². The molecule has 0 fully saturated rings. The van der Waals surface area contributed by atoms with Gasteiger partial charge in [-0.3, -0.25) is 0 Å². The van der Waals surface area contributed by atoms with Crippen molar-refractivity contribution in [2.75, 3.05) is 0 Å². The average Bonchev–Trinajstić information content (AvgIpc) is 3.88. The van der Waals surface area contributed by atoms with Gasteiger partial charge in [-0.1, -0.05) is 136 Å². The standard InChI is InChI=1S/C52H38N2O/c1-52(2,3)37-24-31-48-45(32-37)41-11-5-7-13-46(41)53(48)38-25-20-35(21-26-38)33-16-18-34(19-17-33)36-22-27-39(28-23-36)54-47-14-8-4-10-40(47)43-29-30-44-42-12-6-9-15-49(42)55-51(44)50(43)54/h4-32H,1-3H3. The third-order valence-corrected chi connectivity index (χ3v) is 11.5. The molecule has 3 nitrogen and oxygen atoms in total. The van der Waals surface area contributed by atoms with E-state index in [1.54, 1.807) is 0 Å². The summed E-state index contributed by atoms with van der Waals surface area (Å²) in [5.74, 6) is 0. The molecular formula is C52H38N2O. The monoisotopic (exact) mass is 706 g/mol. The molecule has 0 aliphatic carbocycles. The van der Waals surface area contributed by atoms with Crippen LogP contribution in [0.2, 0.25) is 0 Å². The Morgan fingerprint density at radius 1 is 0.382 bits per heavy atom. The number of hydrogen-bond donors (Lipinski definition) is 0. The Morgan fingerprint density at radius 2 is 0.855 bits per heavy atom.